The number of carbonyl (C=O) groups is 1. The minimum atomic E-state index is -0.416. The van der Waals surface area contributed by atoms with Crippen LogP contribution in [-0.4, -0.2) is 29.7 Å². The Morgan fingerprint density at radius 1 is 1.38 bits per heavy atom. The number of aryl methyl sites for hydroxylation is 1. The molecule has 0 spiro atoms. The molecule has 0 N–H and O–H groups in total. The molecular formula is C18H27NO2. The van der Waals surface area contributed by atoms with E-state index >= 15 is 0 Å². The molecule has 0 bridgehead atoms. The molecule has 2 rings (SSSR count). The Balaban J connectivity index is 1.93. The van der Waals surface area contributed by atoms with E-state index in [1.807, 2.05) is 25.7 Å². The van der Waals surface area contributed by atoms with Gasteiger partial charge in [0.2, 0.25) is 0 Å². The first-order valence-corrected chi connectivity index (χ1v) is 7.87. The van der Waals surface area contributed by atoms with Crippen molar-refractivity contribution in [3.63, 3.8) is 0 Å². The molecular weight excluding hydrogens is 262 g/mol. The number of hydrogen-bond acceptors (Lipinski definition) is 2. The molecule has 116 valence electrons. The Labute approximate surface area is 128 Å². The summed E-state index contributed by atoms with van der Waals surface area (Å²) in [7, 11) is 0. The lowest BCUT2D eigenvalue weighted by Gasteiger charge is -2.34. The molecule has 1 aromatic carbocycles. The highest BCUT2D eigenvalue weighted by atomic mass is 16.6. The largest absolute Gasteiger partial charge is 0.444 e. The fourth-order valence-electron chi connectivity index (χ4n) is 2.90. The number of nitrogens with zero attached hydrogens (tertiary/aromatic N) is 1. The number of piperidine rings is 1. The molecule has 1 aliphatic rings. The molecule has 1 heterocycles. The van der Waals surface area contributed by atoms with Crippen LogP contribution in [0.25, 0.3) is 0 Å². The molecule has 3 nitrogen and oxygen atoms in total. The van der Waals surface area contributed by atoms with E-state index in [1.165, 1.54) is 17.5 Å². The minimum Gasteiger partial charge on any atom is -0.444 e. The Kier molecular flexibility index (Phi) is 4.92. The number of rotatable bonds is 2. The summed E-state index contributed by atoms with van der Waals surface area (Å²) >= 11 is 0. The lowest BCUT2D eigenvalue weighted by molar-refractivity contribution is 0.0166. The van der Waals surface area contributed by atoms with Gasteiger partial charge < -0.3 is 9.64 Å². The summed E-state index contributed by atoms with van der Waals surface area (Å²) in [5, 5.41) is 0. The fourth-order valence-corrected chi connectivity index (χ4v) is 2.90. The Morgan fingerprint density at radius 3 is 2.81 bits per heavy atom. The van der Waals surface area contributed by atoms with E-state index in [-0.39, 0.29) is 6.09 Å². The Hall–Kier alpha value is -1.51. The van der Waals surface area contributed by atoms with Crippen molar-refractivity contribution in [3.05, 3.63) is 35.4 Å². The zero-order valence-corrected chi connectivity index (χ0v) is 13.7. The maximum atomic E-state index is 12.2. The average Bonchev–Trinajstić information content (AvgIpc) is 2.37. The molecule has 1 fully saturated rings. The van der Waals surface area contributed by atoms with Crippen molar-refractivity contribution in [2.75, 3.05) is 13.1 Å². The zero-order valence-electron chi connectivity index (χ0n) is 13.7. The van der Waals surface area contributed by atoms with Gasteiger partial charge in [0.25, 0.3) is 0 Å². The van der Waals surface area contributed by atoms with E-state index in [4.69, 9.17) is 4.74 Å². The molecule has 0 radical (unpaired) electrons. The van der Waals surface area contributed by atoms with Crippen molar-refractivity contribution in [2.24, 2.45) is 5.92 Å². The second-order valence-electron chi connectivity index (χ2n) is 7.13. The maximum absolute atomic E-state index is 12.2. The van der Waals surface area contributed by atoms with Crippen LogP contribution in [0.3, 0.4) is 0 Å². The first kappa shape index (κ1) is 15.9. The summed E-state index contributed by atoms with van der Waals surface area (Å²) in [4.78, 5) is 14.0. The molecule has 0 aliphatic carbocycles. The van der Waals surface area contributed by atoms with Crippen molar-refractivity contribution in [1.29, 1.82) is 0 Å². The molecule has 1 unspecified atom stereocenters. The molecule has 1 amide bonds. The van der Waals surface area contributed by atoms with Crippen LogP contribution in [0.5, 0.6) is 0 Å². The van der Waals surface area contributed by atoms with E-state index in [2.05, 4.69) is 31.2 Å². The van der Waals surface area contributed by atoms with Crippen LogP contribution in [-0.2, 0) is 11.2 Å². The molecule has 1 atom stereocenters. The smallest absolute Gasteiger partial charge is 0.410 e. The van der Waals surface area contributed by atoms with Crippen molar-refractivity contribution < 1.29 is 9.53 Å². The Morgan fingerprint density at radius 2 is 2.14 bits per heavy atom. The van der Waals surface area contributed by atoms with Crippen LogP contribution in [0, 0.1) is 12.8 Å². The molecule has 21 heavy (non-hydrogen) atoms. The zero-order chi connectivity index (χ0) is 15.5. The van der Waals surface area contributed by atoms with Gasteiger partial charge in [0.1, 0.15) is 5.60 Å². The maximum Gasteiger partial charge on any atom is 0.410 e. The van der Waals surface area contributed by atoms with Crippen LogP contribution >= 0.6 is 0 Å². The van der Waals surface area contributed by atoms with Gasteiger partial charge >= 0.3 is 6.09 Å². The van der Waals surface area contributed by atoms with Gasteiger partial charge in [-0.05, 0) is 58.4 Å². The SMILES string of the molecule is Cc1cccc(CC2CCCN(C(=O)OC(C)(C)C)C2)c1. The topological polar surface area (TPSA) is 29.5 Å². The number of amides is 1. The number of carbonyl (C=O) groups excluding carboxylic acids is 1. The third-order valence-electron chi connectivity index (χ3n) is 3.78. The number of ether oxygens (including phenoxy) is 1. The van der Waals surface area contributed by atoms with Crippen molar-refractivity contribution in [2.45, 2.75) is 52.6 Å². The van der Waals surface area contributed by atoms with Crippen molar-refractivity contribution in [3.8, 4) is 0 Å². The molecule has 1 saturated heterocycles. The van der Waals surface area contributed by atoms with Gasteiger partial charge in [-0.1, -0.05) is 29.8 Å². The average molecular weight is 289 g/mol. The number of benzene rings is 1. The second-order valence-corrected chi connectivity index (χ2v) is 7.13. The standard InChI is InChI=1S/C18H27NO2/c1-14-7-5-8-15(11-14)12-16-9-6-10-19(13-16)17(20)21-18(2,3)4/h5,7-8,11,16H,6,9-10,12-13H2,1-4H3. The van der Waals surface area contributed by atoms with Crippen LogP contribution in [0.1, 0.15) is 44.7 Å². The van der Waals surface area contributed by atoms with Crippen LogP contribution in [0.2, 0.25) is 0 Å². The monoisotopic (exact) mass is 289 g/mol. The highest BCUT2D eigenvalue weighted by Crippen LogP contribution is 2.23. The summed E-state index contributed by atoms with van der Waals surface area (Å²) in [6, 6.07) is 8.66. The highest BCUT2D eigenvalue weighted by molar-refractivity contribution is 5.68. The van der Waals surface area contributed by atoms with E-state index < -0.39 is 5.60 Å². The molecule has 1 aliphatic heterocycles. The third kappa shape index (κ3) is 5.07. The summed E-state index contributed by atoms with van der Waals surface area (Å²) in [5.41, 5.74) is 2.25. The first-order valence-electron chi connectivity index (χ1n) is 7.87. The van der Waals surface area contributed by atoms with Gasteiger partial charge in [0.15, 0.2) is 0 Å². The van der Waals surface area contributed by atoms with Gasteiger partial charge in [-0.15, -0.1) is 0 Å². The lowest BCUT2D eigenvalue weighted by Crippen LogP contribution is -2.43. The van der Waals surface area contributed by atoms with Gasteiger partial charge in [0, 0.05) is 13.1 Å². The summed E-state index contributed by atoms with van der Waals surface area (Å²) < 4.78 is 5.48. The predicted octanol–water partition coefficient (Wildman–Crippen LogP) is 4.18. The van der Waals surface area contributed by atoms with Gasteiger partial charge in [-0.2, -0.15) is 0 Å². The van der Waals surface area contributed by atoms with E-state index in [1.54, 1.807) is 0 Å². The molecule has 3 heteroatoms. The lowest BCUT2D eigenvalue weighted by atomic mass is 9.91. The Bertz CT molecular complexity index is 490. The van der Waals surface area contributed by atoms with E-state index in [0.29, 0.717) is 5.92 Å². The molecule has 1 aromatic rings. The van der Waals surface area contributed by atoms with Crippen LogP contribution in [0.15, 0.2) is 24.3 Å². The van der Waals surface area contributed by atoms with Gasteiger partial charge in [-0.25, -0.2) is 4.79 Å². The first-order chi connectivity index (χ1) is 9.83. The quantitative estimate of drug-likeness (QED) is 0.817. The van der Waals surface area contributed by atoms with Gasteiger partial charge in [-0.3, -0.25) is 0 Å². The predicted molar refractivity (Wildman–Crippen MR) is 85.4 cm³/mol. The van der Waals surface area contributed by atoms with Crippen molar-refractivity contribution >= 4 is 6.09 Å². The normalized spacial score (nSPS) is 19.4. The van der Waals surface area contributed by atoms with Crippen molar-refractivity contribution in [1.82, 2.24) is 4.90 Å². The summed E-state index contributed by atoms with van der Waals surface area (Å²) in [6.07, 6.45) is 3.13. The fraction of sp³-hybridized carbons (Fsp3) is 0.611. The number of likely N-dealkylation sites (tertiary alicyclic amines) is 1. The second kappa shape index (κ2) is 6.50. The number of hydrogen-bond donors (Lipinski definition) is 0. The summed E-state index contributed by atoms with van der Waals surface area (Å²) in [6.45, 7) is 9.50. The molecule has 0 aromatic heterocycles. The third-order valence-corrected chi connectivity index (χ3v) is 3.78. The van der Waals surface area contributed by atoms with Crippen LogP contribution in [0.4, 0.5) is 4.79 Å². The van der Waals surface area contributed by atoms with Crippen LogP contribution < -0.4 is 0 Å². The highest BCUT2D eigenvalue weighted by Gasteiger charge is 2.27. The molecule has 0 saturated carbocycles. The summed E-state index contributed by atoms with van der Waals surface area (Å²) in [5.74, 6) is 0.535. The van der Waals surface area contributed by atoms with E-state index in [9.17, 15) is 4.79 Å². The van der Waals surface area contributed by atoms with Gasteiger partial charge in [0.05, 0.1) is 0 Å². The van der Waals surface area contributed by atoms with E-state index in [0.717, 1.165) is 25.9 Å². The minimum absolute atomic E-state index is 0.170.